The highest BCUT2D eigenvalue weighted by atomic mass is 16.3. The minimum Gasteiger partial charge on any atom is -0.467 e. The SMILES string of the molecule is N/C=C(\NN)c1cccc(NCc2ccco2)c1. The molecule has 0 atom stereocenters. The van der Waals surface area contributed by atoms with Gasteiger partial charge in [-0.25, -0.2) is 0 Å². The van der Waals surface area contributed by atoms with Gasteiger partial charge in [0.05, 0.1) is 18.5 Å². The molecule has 0 radical (unpaired) electrons. The summed E-state index contributed by atoms with van der Waals surface area (Å²) in [6.45, 7) is 0.633. The van der Waals surface area contributed by atoms with E-state index < -0.39 is 0 Å². The van der Waals surface area contributed by atoms with Crippen molar-refractivity contribution in [3.05, 3.63) is 60.2 Å². The van der Waals surface area contributed by atoms with Gasteiger partial charge in [0, 0.05) is 17.5 Å². The molecule has 0 aliphatic rings. The van der Waals surface area contributed by atoms with Gasteiger partial charge in [-0.1, -0.05) is 12.1 Å². The maximum absolute atomic E-state index is 5.48. The van der Waals surface area contributed by atoms with E-state index in [1.807, 2.05) is 36.4 Å². The Hall–Kier alpha value is -2.40. The summed E-state index contributed by atoms with van der Waals surface area (Å²) in [5, 5.41) is 3.26. The average molecular weight is 244 g/mol. The van der Waals surface area contributed by atoms with Crippen LogP contribution in [-0.4, -0.2) is 0 Å². The Labute approximate surface area is 105 Å². The molecular weight excluding hydrogens is 228 g/mol. The van der Waals surface area contributed by atoms with E-state index in [0.29, 0.717) is 12.2 Å². The molecule has 0 spiro atoms. The van der Waals surface area contributed by atoms with Crippen LogP contribution in [0.4, 0.5) is 5.69 Å². The van der Waals surface area contributed by atoms with Crippen molar-refractivity contribution < 1.29 is 4.42 Å². The standard InChI is InChI=1S/C13H16N4O/c14-8-13(17-15)10-3-1-4-11(7-10)16-9-12-5-2-6-18-12/h1-8,16-17H,9,14-15H2/b13-8-. The van der Waals surface area contributed by atoms with Crippen LogP contribution in [0.1, 0.15) is 11.3 Å². The van der Waals surface area contributed by atoms with Gasteiger partial charge >= 0.3 is 0 Å². The third kappa shape index (κ3) is 2.83. The molecule has 1 aromatic heterocycles. The van der Waals surface area contributed by atoms with E-state index in [4.69, 9.17) is 16.0 Å². The van der Waals surface area contributed by atoms with E-state index >= 15 is 0 Å². The minimum absolute atomic E-state index is 0.633. The predicted octanol–water partition coefficient (Wildman–Crippen LogP) is 1.61. The van der Waals surface area contributed by atoms with Crippen LogP contribution in [0.5, 0.6) is 0 Å². The Morgan fingerprint density at radius 1 is 1.28 bits per heavy atom. The first-order valence-electron chi connectivity index (χ1n) is 5.58. The Bertz CT molecular complexity index is 520. The molecule has 1 heterocycles. The number of hydrogen-bond donors (Lipinski definition) is 4. The maximum Gasteiger partial charge on any atom is 0.122 e. The second-order valence-corrected chi connectivity index (χ2v) is 3.74. The van der Waals surface area contributed by atoms with Gasteiger partial charge in [-0.15, -0.1) is 0 Å². The lowest BCUT2D eigenvalue weighted by molar-refractivity contribution is 0.518. The van der Waals surface area contributed by atoms with Crippen molar-refractivity contribution in [2.75, 3.05) is 5.32 Å². The number of nitrogens with one attached hydrogen (secondary N) is 2. The molecule has 0 unspecified atom stereocenters. The molecule has 0 saturated carbocycles. The van der Waals surface area contributed by atoms with E-state index in [0.717, 1.165) is 17.0 Å². The highest BCUT2D eigenvalue weighted by Gasteiger charge is 2.01. The molecule has 6 N–H and O–H groups in total. The van der Waals surface area contributed by atoms with Gasteiger partial charge < -0.3 is 20.9 Å². The first-order valence-corrected chi connectivity index (χ1v) is 5.58. The zero-order valence-electron chi connectivity index (χ0n) is 9.89. The third-order valence-corrected chi connectivity index (χ3v) is 2.54. The molecular formula is C13H16N4O. The first kappa shape index (κ1) is 12.1. The molecule has 94 valence electrons. The maximum atomic E-state index is 5.48. The normalized spacial score (nSPS) is 11.3. The zero-order valence-corrected chi connectivity index (χ0v) is 9.89. The molecule has 0 amide bonds. The summed E-state index contributed by atoms with van der Waals surface area (Å²) < 4.78 is 5.25. The molecule has 5 heteroatoms. The molecule has 0 fully saturated rings. The fourth-order valence-corrected chi connectivity index (χ4v) is 1.63. The van der Waals surface area contributed by atoms with E-state index in [1.165, 1.54) is 6.20 Å². The van der Waals surface area contributed by atoms with Gasteiger partial charge in [-0.2, -0.15) is 0 Å². The van der Waals surface area contributed by atoms with Crippen LogP contribution in [0.3, 0.4) is 0 Å². The van der Waals surface area contributed by atoms with Gasteiger partial charge in [0.1, 0.15) is 5.76 Å². The summed E-state index contributed by atoms with van der Waals surface area (Å²) >= 11 is 0. The summed E-state index contributed by atoms with van der Waals surface area (Å²) in [6.07, 6.45) is 3.09. The van der Waals surface area contributed by atoms with Crippen LogP contribution in [0.25, 0.3) is 5.70 Å². The van der Waals surface area contributed by atoms with Crippen LogP contribution in [0.15, 0.2) is 53.3 Å². The van der Waals surface area contributed by atoms with Crippen LogP contribution in [0, 0.1) is 0 Å². The predicted molar refractivity (Wildman–Crippen MR) is 72.0 cm³/mol. The van der Waals surface area contributed by atoms with Crippen molar-refractivity contribution in [1.29, 1.82) is 0 Å². The summed E-state index contributed by atoms with van der Waals surface area (Å²) in [5.41, 5.74) is 10.6. The van der Waals surface area contributed by atoms with Gasteiger partial charge in [-0.3, -0.25) is 5.84 Å². The largest absolute Gasteiger partial charge is 0.467 e. The number of hydrogen-bond acceptors (Lipinski definition) is 5. The third-order valence-electron chi connectivity index (χ3n) is 2.54. The Kier molecular flexibility index (Phi) is 3.88. The quantitative estimate of drug-likeness (QED) is 0.474. The summed E-state index contributed by atoms with van der Waals surface area (Å²) in [6, 6.07) is 11.6. The van der Waals surface area contributed by atoms with E-state index in [9.17, 15) is 0 Å². The van der Waals surface area contributed by atoms with Crippen molar-refractivity contribution in [1.82, 2.24) is 5.43 Å². The number of nitrogens with two attached hydrogens (primary N) is 2. The molecule has 2 aromatic rings. The van der Waals surface area contributed by atoms with Crippen molar-refractivity contribution in [3.63, 3.8) is 0 Å². The van der Waals surface area contributed by atoms with Gasteiger partial charge in [-0.05, 0) is 24.3 Å². The van der Waals surface area contributed by atoms with Crippen LogP contribution < -0.4 is 22.3 Å². The highest BCUT2D eigenvalue weighted by molar-refractivity contribution is 5.66. The number of benzene rings is 1. The Morgan fingerprint density at radius 3 is 2.83 bits per heavy atom. The Balaban J connectivity index is 2.07. The van der Waals surface area contributed by atoms with Crippen molar-refractivity contribution >= 4 is 11.4 Å². The molecule has 0 bridgehead atoms. The number of rotatable bonds is 5. The molecule has 0 aliphatic carbocycles. The monoisotopic (exact) mass is 244 g/mol. The van der Waals surface area contributed by atoms with Gasteiger partial charge in [0.2, 0.25) is 0 Å². The van der Waals surface area contributed by atoms with Crippen molar-refractivity contribution in [2.24, 2.45) is 11.6 Å². The smallest absolute Gasteiger partial charge is 0.122 e. The fourth-order valence-electron chi connectivity index (χ4n) is 1.63. The summed E-state index contributed by atoms with van der Waals surface area (Å²) in [7, 11) is 0. The zero-order chi connectivity index (χ0) is 12.8. The highest BCUT2D eigenvalue weighted by Crippen LogP contribution is 2.16. The van der Waals surface area contributed by atoms with Crippen LogP contribution in [0.2, 0.25) is 0 Å². The second-order valence-electron chi connectivity index (χ2n) is 3.74. The van der Waals surface area contributed by atoms with E-state index in [-0.39, 0.29) is 0 Å². The fraction of sp³-hybridized carbons (Fsp3) is 0.0769. The molecule has 2 rings (SSSR count). The molecule has 18 heavy (non-hydrogen) atoms. The topological polar surface area (TPSA) is 89.2 Å². The van der Waals surface area contributed by atoms with Gasteiger partial charge in [0.25, 0.3) is 0 Å². The molecule has 1 aromatic carbocycles. The Morgan fingerprint density at radius 2 is 2.17 bits per heavy atom. The number of hydrazine groups is 1. The average Bonchev–Trinajstić information content (AvgIpc) is 2.92. The molecule has 5 nitrogen and oxygen atoms in total. The number of anilines is 1. The van der Waals surface area contributed by atoms with E-state index in [1.54, 1.807) is 6.26 Å². The first-order chi connectivity index (χ1) is 8.83. The van der Waals surface area contributed by atoms with Crippen LogP contribution in [-0.2, 0) is 6.54 Å². The lowest BCUT2D eigenvalue weighted by Crippen LogP contribution is -2.21. The van der Waals surface area contributed by atoms with Crippen molar-refractivity contribution in [2.45, 2.75) is 6.54 Å². The number of furan rings is 1. The van der Waals surface area contributed by atoms with Crippen molar-refractivity contribution in [3.8, 4) is 0 Å². The van der Waals surface area contributed by atoms with E-state index in [2.05, 4.69) is 10.7 Å². The summed E-state index contributed by atoms with van der Waals surface area (Å²) in [5.74, 6) is 6.26. The second kappa shape index (κ2) is 5.79. The van der Waals surface area contributed by atoms with Crippen LogP contribution >= 0.6 is 0 Å². The lowest BCUT2D eigenvalue weighted by Gasteiger charge is -2.09. The summed E-state index contributed by atoms with van der Waals surface area (Å²) in [4.78, 5) is 0. The lowest BCUT2D eigenvalue weighted by atomic mass is 10.1. The minimum atomic E-state index is 0.633. The molecule has 0 aliphatic heterocycles. The molecule has 0 saturated heterocycles. The van der Waals surface area contributed by atoms with Gasteiger partial charge in [0.15, 0.2) is 0 Å².